The monoisotopic (exact) mass is 416 g/mol. The van der Waals surface area contributed by atoms with E-state index in [-0.39, 0.29) is 18.7 Å². The topological polar surface area (TPSA) is 23.6 Å². The Hall–Kier alpha value is -2.55. The standard InChI is InChI=1S/C20H18F6N2O/c21-19(22,23)15-7-5-14(6-8-15)13-27-9-11-28(12-10-27)18(29)16-3-1-2-4-17(16)20(24,25)26/h1-8H,9-13H2. The molecule has 0 saturated carbocycles. The normalized spacial score (nSPS) is 16.1. The summed E-state index contributed by atoms with van der Waals surface area (Å²) in [7, 11) is 0. The Morgan fingerprint density at radius 2 is 1.38 bits per heavy atom. The molecule has 1 fully saturated rings. The molecule has 0 atom stereocenters. The van der Waals surface area contributed by atoms with Crippen LogP contribution in [0.3, 0.4) is 0 Å². The lowest BCUT2D eigenvalue weighted by Gasteiger charge is -2.35. The number of hydrogen-bond acceptors (Lipinski definition) is 2. The average molecular weight is 416 g/mol. The first-order valence-corrected chi connectivity index (χ1v) is 8.90. The molecule has 1 amide bonds. The van der Waals surface area contributed by atoms with Crippen LogP contribution in [0, 0.1) is 0 Å². The molecule has 0 aromatic heterocycles. The van der Waals surface area contributed by atoms with E-state index in [9.17, 15) is 31.1 Å². The molecule has 0 radical (unpaired) electrons. The number of carbonyl (C=O) groups is 1. The Morgan fingerprint density at radius 3 is 1.93 bits per heavy atom. The van der Waals surface area contributed by atoms with Crippen LogP contribution in [0.4, 0.5) is 26.3 Å². The highest BCUT2D eigenvalue weighted by Crippen LogP contribution is 2.32. The first-order valence-electron chi connectivity index (χ1n) is 8.90. The Morgan fingerprint density at radius 1 is 0.793 bits per heavy atom. The maximum absolute atomic E-state index is 13.1. The summed E-state index contributed by atoms with van der Waals surface area (Å²) < 4.78 is 77.3. The van der Waals surface area contributed by atoms with E-state index in [4.69, 9.17) is 0 Å². The van der Waals surface area contributed by atoms with Crippen molar-refractivity contribution < 1.29 is 31.1 Å². The summed E-state index contributed by atoms with van der Waals surface area (Å²) in [5, 5.41) is 0. The van der Waals surface area contributed by atoms with Gasteiger partial charge in [0.2, 0.25) is 0 Å². The fourth-order valence-electron chi connectivity index (χ4n) is 3.25. The molecule has 2 aromatic carbocycles. The minimum absolute atomic E-state index is 0.242. The van der Waals surface area contributed by atoms with Gasteiger partial charge in [-0.3, -0.25) is 9.69 Å². The fraction of sp³-hybridized carbons (Fsp3) is 0.350. The number of rotatable bonds is 3. The van der Waals surface area contributed by atoms with Crippen molar-refractivity contribution in [1.82, 2.24) is 9.80 Å². The van der Waals surface area contributed by atoms with E-state index in [2.05, 4.69) is 0 Å². The Labute approximate surface area is 163 Å². The van der Waals surface area contributed by atoms with Gasteiger partial charge < -0.3 is 4.90 Å². The van der Waals surface area contributed by atoms with Crippen LogP contribution in [0.15, 0.2) is 48.5 Å². The van der Waals surface area contributed by atoms with Crippen LogP contribution < -0.4 is 0 Å². The minimum Gasteiger partial charge on any atom is -0.336 e. The lowest BCUT2D eigenvalue weighted by atomic mass is 10.1. The first-order chi connectivity index (χ1) is 13.6. The predicted molar refractivity (Wildman–Crippen MR) is 94.1 cm³/mol. The smallest absolute Gasteiger partial charge is 0.336 e. The van der Waals surface area contributed by atoms with Crippen LogP contribution in [0.5, 0.6) is 0 Å². The van der Waals surface area contributed by atoms with Gasteiger partial charge in [0.1, 0.15) is 0 Å². The molecule has 0 spiro atoms. The molecule has 1 aliphatic heterocycles. The molecule has 156 valence electrons. The maximum atomic E-state index is 13.1. The van der Waals surface area contributed by atoms with E-state index in [1.807, 2.05) is 4.90 Å². The molecular formula is C20H18F6N2O. The molecular weight excluding hydrogens is 398 g/mol. The van der Waals surface area contributed by atoms with Crippen LogP contribution in [0.25, 0.3) is 0 Å². The summed E-state index contributed by atoms with van der Waals surface area (Å²) >= 11 is 0. The first kappa shape index (κ1) is 21.2. The van der Waals surface area contributed by atoms with Gasteiger partial charge in [0.15, 0.2) is 0 Å². The zero-order valence-electron chi connectivity index (χ0n) is 15.2. The van der Waals surface area contributed by atoms with Gasteiger partial charge in [-0.25, -0.2) is 0 Å². The van der Waals surface area contributed by atoms with Crippen molar-refractivity contribution in [2.45, 2.75) is 18.9 Å². The SMILES string of the molecule is O=C(c1ccccc1C(F)(F)F)N1CCN(Cc2ccc(C(F)(F)F)cc2)CC1. The molecule has 9 heteroatoms. The zero-order valence-corrected chi connectivity index (χ0v) is 15.2. The van der Waals surface area contributed by atoms with Gasteiger partial charge in [0.05, 0.1) is 16.7 Å². The minimum atomic E-state index is -4.61. The van der Waals surface area contributed by atoms with Gasteiger partial charge in [-0.2, -0.15) is 26.3 Å². The van der Waals surface area contributed by atoms with Crippen LogP contribution >= 0.6 is 0 Å². The van der Waals surface area contributed by atoms with E-state index >= 15 is 0 Å². The van der Waals surface area contributed by atoms with Crippen molar-refractivity contribution in [2.24, 2.45) is 0 Å². The lowest BCUT2D eigenvalue weighted by molar-refractivity contribution is -0.138. The number of hydrogen-bond donors (Lipinski definition) is 0. The third kappa shape index (κ3) is 5.09. The number of alkyl halides is 6. The maximum Gasteiger partial charge on any atom is 0.417 e. The zero-order chi connectivity index (χ0) is 21.2. The highest BCUT2D eigenvalue weighted by atomic mass is 19.4. The van der Waals surface area contributed by atoms with Gasteiger partial charge in [0.25, 0.3) is 5.91 Å². The van der Waals surface area contributed by atoms with E-state index in [1.165, 1.54) is 35.2 Å². The number of amides is 1. The van der Waals surface area contributed by atoms with Crippen molar-refractivity contribution in [1.29, 1.82) is 0 Å². The second-order valence-corrected chi connectivity index (χ2v) is 6.81. The van der Waals surface area contributed by atoms with Crippen LogP contribution in [0.1, 0.15) is 27.0 Å². The number of piperazine rings is 1. The van der Waals surface area contributed by atoms with Gasteiger partial charge in [-0.05, 0) is 29.8 Å². The number of carbonyl (C=O) groups excluding carboxylic acids is 1. The molecule has 1 saturated heterocycles. The van der Waals surface area contributed by atoms with Crippen LogP contribution in [0.2, 0.25) is 0 Å². The average Bonchev–Trinajstić information content (AvgIpc) is 2.67. The second-order valence-electron chi connectivity index (χ2n) is 6.81. The van der Waals surface area contributed by atoms with Crippen molar-refractivity contribution >= 4 is 5.91 Å². The number of halogens is 6. The second kappa shape index (κ2) is 8.06. The fourth-order valence-corrected chi connectivity index (χ4v) is 3.25. The summed E-state index contributed by atoms with van der Waals surface area (Å²) in [6.45, 7) is 1.72. The highest BCUT2D eigenvalue weighted by Gasteiger charge is 2.36. The Bertz CT molecular complexity index is 853. The van der Waals surface area contributed by atoms with Crippen molar-refractivity contribution in [2.75, 3.05) is 26.2 Å². The Kier molecular flexibility index (Phi) is 5.88. The molecule has 0 bridgehead atoms. The van der Waals surface area contributed by atoms with Gasteiger partial charge >= 0.3 is 12.4 Å². The van der Waals surface area contributed by atoms with Crippen LogP contribution in [-0.2, 0) is 18.9 Å². The molecule has 0 N–H and O–H groups in total. The molecule has 1 aliphatic rings. The van der Waals surface area contributed by atoms with E-state index in [1.54, 1.807) is 0 Å². The van der Waals surface area contributed by atoms with Crippen LogP contribution in [-0.4, -0.2) is 41.9 Å². The summed E-state index contributed by atoms with van der Waals surface area (Å²) in [4.78, 5) is 15.9. The molecule has 29 heavy (non-hydrogen) atoms. The summed E-state index contributed by atoms with van der Waals surface area (Å²) in [5.74, 6) is -0.674. The molecule has 3 nitrogen and oxygen atoms in total. The molecule has 2 aromatic rings. The van der Waals surface area contributed by atoms with Gasteiger partial charge in [-0.1, -0.05) is 24.3 Å². The molecule has 3 rings (SSSR count). The summed E-state index contributed by atoms with van der Waals surface area (Å²) in [6, 6.07) is 9.52. The quantitative estimate of drug-likeness (QED) is 0.679. The molecule has 0 unspecified atom stereocenters. The third-order valence-electron chi connectivity index (χ3n) is 4.81. The Balaban J connectivity index is 1.60. The van der Waals surface area contributed by atoms with E-state index < -0.39 is 29.4 Å². The summed E-state index contributed by atoms with van der Waals surface area (Å²) in [6.07, 6.45) is -9.01. The van der Waals surface area contributed by atoms with E-state index in [0.717, 1.165) is 18.2 Å². The van der Waals surface area contributed by atoms with Gasteiger partial charge in [0, 0.05) is 32.7 Å². The largest absolute Gasteiger partial charge is 0.417 e. The third-order valence-corrected chi connectivity index (χ3v) is 4.81. The number of nitrogens with zero attached hydrogens (tertiary/aromatic N) is 2. The summed E-state index contributed by atoms with van der Waals surface area (Å²) in [5.41, 5.74) is -1.37. The van der Waals surface area contributed by atoms with Crippen molar-refractivity contribution in [3.63, 3.8) is 0 Å². The highest BCUT2D eigenvalue weighted by molar-refractivity contribution is 5.96. The predicted octanol–water partition coefficient (Wildman–Crippen LogP) is 4.68. The van der Waals surface area contributed by atoms with E-state index in [0.29, 0.717) is 25.2 Å². The van der Waals surface area contributed by atoms with Gasteiger partial charge in [-0.15, -0.1) is 0 Å². The molecule has 1 heterocycles. The molecule has 0 aliphatic carbocycles. The number of benzene rings is 2. The lowest BCUT2D eigenvalue weighted by Crippen LogP contribution is -2.48. The van der Waals surface area contributed by atoms with Crippen molar-refractivity contribution in [3.05, 3.63) is 70.8 Å². The van der Waals surface area contributed by atoms with Crippen molar-refractivity contribution in [3.8, 4) is 0 Å².